The first-order valence-corrected chi connectivity index (χ1v) is 6.79. The smallest absolute Gasteiger partial charge is 0.242 e. The Morgan fingerprint density at radius 1 is 1.35 bits per heavy atom. The number of rotatable bonds is 6. The van der Waals surface area contributed by atoms with Crippen molar-refractivity contribution in [1.82, 2.24) is 4.90 Å². The molecule has 0 spiro atoms. The van der Waals surface area contributed by atoms with Crippen LogP contribution in [0.15, 0.2) is 0 Å². The molecule has 0 saturated heterocycles. The summed E-state index contributed by atoms with van der Waals surface area (Å²) in [5.74, 6) is 0.0171. The van der Waals surface area contributed by atoms with Crippen LogP contribution in [0.25, 0.3) is 0 Å². The predicted octanol–water partition coefficient (Wildman–Crippen LogP) is 1.27. The molecule has 3 N–H and O–H groups in total. The molecule has 0 aromatic carbocycles. The second-order valence-corrected chi connectivity index (χ2v) is 5.02. The van der Waals surface area contributed by atoms with Gasteiger partial charge in [-0.05, 0) is 25.7 Å². The summed E-state index contributed by atoms with van der Waals surface area (Å²) in [6.45, 7) is 4.34. The van der Waals surface area contributed by atoms with E-state index in [1.807, 2.05) is 18.7 Å². The van der Waals surface area contributed by atoms with E-state index in [4.69, 9.17) is 10.8 Å². The maximum atomic E-state index is 12.5. The van der Waals surface area contributed by atoms with Crippen LogP contribution < -0.4 is 5.73 Å². The van der Waals surface area contributed by atoms with Gasteiger partial charge >= 0.3 is 0 Å². The molecule has 1 aliphatic carbocycles. The lowest BCUT2D eigenvalue weighted by molar-refractivity contribution is -0.140. The molecule has 1 saturated carbocycles. The van der Waals surface area contributed by atoms with E-state index in [0.29, 0.717) is 19.4 Å². The lowest BCUT2D eigenvalue weighted by Gasteiger charge is -2.36. The second-order valence-electron chi connectivity index (χ2n) is 5.02. The van der Waals surface area contributed by atoms with Gasteiger partial charge in [0.1, 0.15) is 0 Å². The van der Waals surface area contributed by atoms with Crippen molar-refractivity contribution in [2.75, 3.05) is 13.2 Å². The van der Waals surface area contributed by atoms with Crippen LogP contribution in [0, 0.1) is 0 Å². The normalized spacial score (nSPS) is 17.4. The fourth-order valence-electron chi connectivity index (χ4n) is 2.61. The largest absolute Gasteiger partial charge is 0.395 e. The molecule has 1 rings (SSSR count). The Bertz CT molecular complexity index is 246. The molecule has 1 amide bonds. The van der Waals surface area contributed by atoms with Crippen molar-refractivity contribution in [1.29, 1.82) is 0 Å². The van der Waals surface area contributed by atoms with Gasteiger partial charge in [-0.3, -0.25) is 4.79 Å². The zero-order valence-electron chi connectivity index (χ0n) is 11.1. The Labute approximate surface area is 104 Å². The van der Waals surface area contributed by atoms with E-state index < -0.39 is 5.54 Å². The summed E-state index contributed by atoms with van der Waals surface area (Å²) in [5.41, 5.74) is 5.41. The lowest BCUT2D eigenvalue weighted by Crippen LogP contribution is -2.57. The highest BCUT2D eigenvalue weighted by atomic mass is 16.3. The molecule has 0 aromatic rings. The molecule has 0 bridgehead atoms. The van der Waals surface area contributed by atoms with Gasteiger partial charge in [-0.1, -0.05) is 26.7 Å². The summed E-state index contributed by atoms with van der Waals surface area (Å²) in [5, 5.41) is 9.12. The highest BCUT2D eigenvalue weighted by molar-refractivity contribution is 5.86. The van der Waals surface area contributed by atoms with Gasteiger partial charge < -0.3 is 15.7 Å². The third-order valence-electron chi connectivity index (χ3n) is 4.05. The fourth-order valence-corrected chi connectivity index (χ4v) is 2.61. The molecule has 1 aliphatic rings. The van der Waals surface area contributed by atoms with Crippen molar-refractivity contribution in [2.24, 2.45) is 5.73 Å². The molecule has 4 nitrogen and oxygen atoms in total. The highest BCUT2D eigenvalue weighted by Gasteiger charge is 2.37. The van der Waals surface area contributed by atoms with Crippen molar-refractivity contribution >= 4 is 5.91 Å². The van der Waals surface area contributed by atoms with Gasteiger partial charge in [0.05, 0.1) is 12.1 Å². The van der Waals surface area contributed by atoms with Crippen LogP contribution in [0.2, 0.25) is 0 Å². The summed E-state index contributed by atoms with van der Waals surface area (Å²) < 4.78 is 0. The van der Waals surface area contributed by atoms with E-state index in [1.54, 1.807) is 0 Å². The minimum absolute atomic E-state index is 0.0171. The Balaban J connectivity index is 2.78. The average Bonchev–Trinajstić information content (AvgIpc) is 2.87. The monoisotopic (exact) mass is 242 g/mol. The molecule has 1 fully saturated rings. The van der Waals surface area contributed by atoms with Crippen molar-refractivity contribution in [3.8, 4) is 0 Å². The Morgan fingerprint density at radius 2 is 1.88 bits per heavy atom. The maximum Gasteiger partial charge on any atom is 0.242 e. The maximum absolute atomic E-state index is 12.5. The van der Waals surface area contributed by atoms with E-state index in [9.17, 15) is 4.79 Å². The SMILES string of the molecule is CCC(N)(CC)C(=O)N(CCO)C1CCCC1. The second kappa shape index (κ2) is 6.36. The summed E-state index contributed by atoms with van der Waals surface area (Å²) in [7, 11) is 0. The van der Waals surface area contributed by atoms with E-state index in [2.05, 4.69) is 0 Å². The van der Waals surface area contributed by atoms with Crippen molar-refractivity contribution in [3.05, 3.63) is 0 Å². The first kappa shape index (κ1) is 14.5. The number of nitrogens with zero attached hydrogens (tertiary/aromatic N) is 1. The Kier molecular flexibility index (Phi) is 5.40. The molecule has 0 heterocycles. The Hall–Kier alpha value is -0.610. The molecule has 4 heteroatoms. The number of hydrogen-bond donors (Lipinski definition) is 2. The van der Waals surface area contributed by atoms with Crippen LogP contribution in [0.5, 0.6) is 0 Å². The van der Waals surface area contributed by atoms with Crippen LogP contribution in [-0.4, -0.2) is 40.6 Å². The Morgan fingerprint density at radius 3 is 2.29 bits per heavy atom. The van der Waals surface area contributed by atoms with E-state index >= 15 is 0 Å². The third-order valence-corrected chi connectivity index (χ3v) is 4.05. The van der Waals surface area contributed by atoms with Crippen molar-refractivity contribution in [2.45, 2.75) is 64.0 Å². The molecule has 0 aliphatic heterocycles. The average molecular weight is 242 g/mol. The first-order valence-electron chi connectivity index (χ1n) is 6.79. The third kappa shape index (κ3) is 3.19. The summed E-state index contributed by atoms with van der Waals surface area (Å²) in [6, 6.07) is 0.288. The molecule has 0 radical (unpaired) electrons. The minimum atomic E-state index is -0.752. The van der Waals surface area contributed by atoms with Crippen LogP contribution in [-0.2, 0) is 4.79 Å². The van der Waals surface area contributed by atoms with Crippen molar-refractivity contribution < 1.29 is 9.90 Å². The molecular weight excluding hydrogens is 216 g/mol. The van der Waals surface area contributed by atoms with Gasteiger partial charge in [0.2, 0.25) is 5.91 Å². The molecular formula is C13H26N2O2. The number of aliphatic hydroxyl groups is 1. The number of hydrogen-bond acceptors (Lipinski definition) is 3. The number of carbonyl (C=O) groups excluding carboxylic acids is 1. The highest BCUT2D eigenvalue weighted by Crippen LogP contribution is 2.26. The minimum Gasteiger partial charge on any atom is -0.395 e. The van der Waals surface area contributed by atoms with Crippen LogP contribution in [0.3, 0.4) is 0 Å². The zero-order chi connectivity index (χ0) is 12.9. The number of aliphatic hydroxyl groups excluding tert-OH is 1. The van der Waals surface area contributed by atoms with Gasteiger partial charge in [-0.15, -0.1) is 0 Å². The number of nitrogens with two attached hydrogens (primary N) is 1. The molecule has 0 aromatic heterocycles. The topological polar surface area (TPSA) is 66.6 Å². The summed E-state index contributed by atoms with van der Waals surface area (Å²) >= 11 is 0. The molecule has 0 atom stereocenters. The standard InChI is InChI=1S/C13H26N2O2/c1-3-13(14,4-2)12(17)15(9-10-16)11-7-5-6-8-11/h11,16H,3-10,14H2,1-2H3. The molecule has 17 heavy (non-hydrogen) atoms. The lowest BCUT2D eigenvalue weighted by atomic mass is 9.91. The predicted molar refractivity (Wildman–Crippen MR) is 68.6 cm³/mol. The number of amides is 1. The number of carbonyl (C=O) groups is 1. The van der Waals surface area contributed by atoms with Gasteiger partial charge in [0, 0.05) is 12.6 Å². The van der Waals surface area contributed by atoms with Gasteiger partial charge in [-0.2, -0.15) is 0 Å². The van der Waals surface area contributed by atoms with Crippen LogP contribution in [0.4, 0.5) is 0 Å². The van der Waals surface area contributed by atoms with Crippen LogP contribution in [0.1, 0.15) is 52.4 Å². The molecule has 0 unspecified atom stereocenters. The van der Waals surface area contributed by atoms with Crippen LogP contribution >= 0.6 is 0 Å². The molecule has 100 valence electrons. The quantitative estimate of drug-likeness (QED) is 0.737. The summed E-state index contributed by atoms with van der Waals surface area (Å²) in [4.78, 5) is 14.3. The van der Waals surface area contributed by atoms with Gasteiger partial charge in [0.15, 0.2) is 0 Å². The van der Waals surface area contributed by atoms with E-state index in [-0.39, 0.29) is 18.6 Å². The van der Waals surface area contributed by atoms with Gasteiger partial charge in [0.25, 0.3) is 0 Å². The fraction of sp³-hybridized carbons (Fsp3) is 0.923. The van der Waals surface area contributed by atoms with E-state index in [0.717, 1.165) is 12.8 Å². The van der Waals surface area contributed by atoms with Crippen molar-refractivity contribution in [3.63, 3.8) is 0 Å². The zero-order valence-corrected chi connectivity index (χ0v) is 11.1. The first-order chi connectivity index (χ1) is 8.09. The van der Waals surface area contributed by atoms with Gasteiger partial charge in [-0.25, -0.2) is 0 Å². The summed E-state index contributed by atoms with van der Waals surface area (Å²) in [6.07, 6.45) is 5.75. The van der Waals surface area contributed by atoms with E-state index in [1.165, 1.54) is 12.8 Å².